The van der Waals surface area contributed by atoms with Gasteiger partial charge in [-0.1, -0.05) is 59.4 Å². The van der Waals surface area contributed by atoms with Crippen LogP contribution in [-0.4, -0.2) is 32.6 Å². The van der Waals surface area contributed by atoms with Crippen LogP contribution in [0.4, 0.5) is 0 Å². The molecular weight excluding hydrogens is 444 g/mol. The van der Waals surface area contributed by atoms with Crippen molar-refractivity contribution in [1.29, 1.82) is 0 Å². The highest BCUT2D eigenvalue weighted by molar-refractivity contribution is 6.32. The average Bonchev–Trinajstić information content (AvgIpc) is 2.69. The maximum Gasteiger partial charge on any atom is 0.305 e. The number of carbonyl (C=O) groups is 1. The molecule has 0 fully saturated rings. The smallest absolute Gasteiger partial charge is 0.305 e. The Morgan fingerprint density at radius 2 is 1.27 bits per heavy atom. The van der Waals surface area contributed by atoms with Gasteiger partial charge in [0.1, 0.15) is 0 Å². The van der Waals surface area contributed by atoms with Crippen molar-refractivity contribution in [3.63, 3.8) is 0 Å². The molecular formula is C27H46O4Si2. The van der Waals surface area contributed by atoms with Crippen LogP contribution in [0.3, 0.4) is 0 Å². The van der Waals surface area contributed by atoms with Crippen molar-refractivity contribution in [2.45, 2.75) is 110 Å². The Hall–Kier alpha value is -1.40. The molecule has 0 aromatic heterocycles. The van der Waals surface area contributed by atoms with Crippen LogP contribution in [0.2, 0.25) is 10.1 Å². The summed E-state index contributed by atoms with van der Waals surface area (Å²) in [4.78, 5) is 11.3. The minimum Gasteiger partial charge on any atom is -0.469 e. The van der Waals surface area contributed by atoms with Crippen molar-refractivity contribution in [2.24, 2.45) is 0 Å². The number of rotatable bonds is 9. The van der Waals surface area contributed by atoms with Crippen molar-refractivity contribution < 1.29 is 18.4 Å². The summed E-state index contributed by atoms with van der Waals surface area (Å²) < 4.78 is 17.7. The molecule has 0 saturated carbocycles. The predicted molar refractivity (Wildman–Crippen MR) is 144 cm³/mol. The zero-order valence-corrected chi connectivity index (χ0v) is 25.7. The van der Waals surface area contributed by atoms with Gasteiger partial charge in [0.15, 0.2) is 19.5 Å². The average molecular weight is 491 g/mol. The monoisotopic (exact) mass is 490 g/mol. The summed E-state index contributed by atoms with van der Waals surface area (Å²) in [5.74, 6) is 6.35. The first kappa shape index (κ1) is 29.6. The highest BCUT2D eigenvalue weighted by Crippen LogP contribution is 2.35. The maximum absolute atomic E-state index is 11.3. The molecule has 1 aromatic rings. The molecule has 33 heavy (non-hydrogen) atoms. The van der Waals surface area contributed by atoms with Gasteiger partial charge in [-0.05, 0) is 67.5 Å². The van der Waals surface area contributed by atoms with E-state index in [-0.39, 0.29) is 16.0 Å². The second kappa shape index (κ2) is 11.8. The first-order valence-corrected chi connectivity index (χ1v) is 14.5. The lowest BCUT2D eigenvalue weighted by Crippen LogP contribution is -2.30. The van der Waals surface area contributed by atoms with E-state index >= 15 is 0 Å². The summed E-state index contributed by atoms with van der Waals surface area (Å²) in [6.07, 6.45) is 1.75. The molecule has 0 spiro atoms. The van der Waals surface area contributed by atoms with Crippen LogP contribution in [0.5, 0.6) is 0 Å². The summed E-state index contributed by atoms with van der Waals surface area (Å²) in [6.45, 7) is 22.0. The van der Waals surface area contributed by atoms with Crippen LogP contribution in [0.1, 0.15) is 105 Å². The highest BCUT2D eigenvalue weighted by Gasteiger charge is 2.29. The molecule has 0 heterocycles. The van der Waals surface area contributed by atoms with E-state index in [9.17, 15) is 4.79 Å². The van der Waals surface area contributed by atoms with Crippen molar-refractivity contribution in [2.75, 3.05) is 7.11 Å². The third-order valence-corrected chi connectivity index (χ3v) is 8.66. The lowest BCUT2D eigenvalue weighted by molar-refractivity contribution is -0.140. The molecule has 6 heteroatoms. The lowest BCUT2D eigenvalue weighted by atomic mass is 9.89. The Morgan fingerprint density at radius 1 is 0.818 bits per heavy atom. The molecule has 0 amide bonds. The molecule has 0 aliphatic carbocycles. The minimum atomic E-state index is -0.723. The zero-order chi connectivity index (χ0) is 25.5. The SMILES string of the molecule is COC(=O)CCCC#Cc1cc(C(C)(C)O[SiH2]C(C)(C)C)cc(C(C)(C)O[SiH2]C(C)(C)C)c1. The Bertz CT molecular complexity index is 801. The van der Waals surface area contributed by atoms with Crippen LogP contribution in [-0.2, 0) is 29.6 Å². The van der Waals surface area contributed by atoms with Crippen molar-refractivity contribution >= 4 is 25.5 Å². The third kappa shape index (κ3) is 11.5. The quantitative estimate of drug-likeness (QED) is 0.199. The van der Waals surface area contributed by atoms with E-state index in [1.165, 1.54) is 7.11 Å². The van der Waals surface area contributed by atoms with Crippen LogP contribution >= 0.6 is 0 Å². The van der Waals surface area contributed by atoms with Gasteiger partial charge in [0.2, 0.25) is 0 Å². The minimum absolute atomic E-state index is 0.190. The second-order valence-corrected chi connectivity index (χ2v) is 17.6. The third-order valence-electron chi connectivity index (χ3n) is 5.20. The van der Waals surface area contributed by atoms with E-state index in [1.807, 2.05) is 0 Å². The molecule has 0 radical (unpaired) electrons. The van der Waals surface area contributed by atoms with Gasteiger partial charge in [-0.2, -0.15) is 0 Å². The van der Waals surface area contributed by atoms with Gasteiger partial charge < -0.3 is 13.6 Å². The molecule has 0 atom stereocenters. The zero-order valence-electron chi connectivity index (χ0n) is 22.9. The number of unbranched alkanes of at least 4 members (excludes halogenated alkanes) is 1. The number of benzene rings is 1. The van der Waals surface area contributed by atoms with E-state index in [0.717, 1.165) is 16.7 Å². The van der Waals surface area contributed by atoms with Gasteiger partial charge in [0, 0.05) is 18.4 Å². The summed E-state index contributed by atoms with van der Waals surface area (Å²) in [5, 5.41) is 0.440. The van der Waals surface area contributed by atoms with Crippen LogP contribution in [0, 0.1) is 11.8 Å². The first-order valence-electron chi connectivity index (χ1n) is 11.9. The molecule has 0 N–H and O–H groups in total. The summed E-state index contributed by atoms with van der Waals surface area (Å²) in [5.41, 5.74) is 2.43. The molecule has 0 unspecified atom stereocenters. The summed E-state index contributed by atoms with van der Waals surface area (Å²) >= 11 is 0. The molecule has 0 bridgehead atoms. The molecule has 1 aromatic carbocycles. The predicted octanol–water partition coefficient (Wildman–Crippen LogP) is 5.49. The number of esters is 1. The molecule has 0 saturated heterocycles. The van der Waals surface area contributed by atoms with Gasteiger partial charge in [-0.25, -0.2) is 0 Å². The Labute approximate surface area is 207 Å². The van der Waals surface area contributed by atoms with Crippen molar-refractivity contribution in [3.05, 3.63) is 34.9 Å². The number of hydrogen-bond acceptors (Lipinski definition) is 4. The summed E-state index contributed by atoms with van der Waals surface area (Å²) in [7, 11) is -0.0289. The van der Waals surface area contributed by atoms with E-state index in [4.69, 9.17) is 13.6 Å². The topological polar surface area (TPSA) is 44.8 Å². The van der Waals surface area contributed by atoms with Gasteiger partial charge in [0.05, 0.1) is 18.3 Å². The fourth-order valence-electron chi connectivity index (χ4n) is 2.94. The van der Waals surface area contributed by atoms with Gasteiger partial charge in [0.25, 0.3) is 0 Å². The normalized spacial score (nSPS) is 13.5. The van der Waals surface area contributed by atoms with E-state index in [2.05, 4.69) is 99.3 Å². The molecule has 0 aliphatic rings. The van der Waals surface area contributed by atoms with Gasteiger partial charge in [-0.15, -0.1) is 0 Å². The van der Waals surface area contributed by atoms with Gasteiger partial charge in [-0.3, -0.25) is 4.79 Å². The molecule has 186 valence electrons. The first-order chi connectivity index (χ1) is 15.0. The standard InChI is InChI=1S/C27H46O4Si2/c1-24(2,3)32-30-26(7,8)21-17-20(15-13-12-14-16-23(28)29-11)18-22(19-21)27(9,10)31-33-25(4,5)6/h17-19H,12,14,16,32-33H2,1-11H3. The van der Waals surface area contributed by atoms with Crippen molar-refractivity contribution in [3.8, 4) is 11.8 Å². The van der Waals surface area contributed by atoms with Crippen molar-refractivity contribution in [1.82, 2.24) is 0 Å². The van der Waals surface area contributed by atoms with Crippen LogP contribution in [0.15, 0.2) is 18.2 Å². The number of hydrogen-bond donors (Lipinski definition) is 0. The molecule has 4 nitrogen and oxygen atoms in total. The summed E-state index contributed by atoms with van der Waals surface area (Å²) in [6, 6.07) is 6.52. The Morgan fingerprint density at radius 3 is 1.67 bits per heavy atom. The fraction of sp³-hybridized carbons (Fsp3) is 0.667. The molecule has 1 rings (SSSR count). The number of carbonyl (C=O) groups excluding carboxylic acids is 1. The van der Waals surface area contributed by atoms with Crippen LogP contribution in [0.25, 0.3) is 0 Å². The molecule has 0 aliphatic heterocycles. The van der Waals surface area contributed by atoms with Crippen LogP contribution < -0.4 is 0 Å². The Kier molecular flexibility index (Phi) is 10.6. The number of methoxy groups -OCH3 is 1. The highest BCUT2D eigenvalue weighted by atomic mass is 28.2. The van der Waals surface area contributed by atoms with E-state index < -0.39 is 30.7 Å². The second-order valence-electron chi connectivity index (χ2n) is 12.2. The van der Waals surface area contributed by atoms with Gasteiger partial charge >= 0.3 is 5.97 Å². The van der Waals surface area contributed by atoms with E-state index in [1.54, 1.807) is 0 Å². The Balaban J connectivity index is 3.26. The number of ether oxygens (including phenoxy) is 1. The largest absolute Gasteiger partial charge is 0.469 e. The van der Waals surface area contributed by atoms with E-state index in [0.29, 0.717) is 19.3 Å². The fourth-order valence-corrected chi connectivity index (χ4v) is 4.86. The maximum atomic E-state index is 11.3. The lowest BCUT2D eigenvalue weighted by Gasteiger charge is -2.34.